The van der Waals surface area contributed by atoms with Crippen LogP contribution in [0.15, 0.2) is 54.6 Å². The van der Waals surface area contributed by atoms with Crippen LogP contribution in [-0.4, -0.2) is 18.0 Å². The fraction of sp³-hybridized carbons (Fsp3) is 0.300. The lowest BCUT2D eigenvalue weighted by Crippen LogP contribution is -2.47. The van der Waals surface area contributed by atoms with Gasteiger partial charge in [0.15, 0.2) is 0 Å². The Morgan fingerprint density at radius 1 is 1.04 bits per heavy atom. The second kappa shape index (κ2) is 7.83. The van der Waals surface area contributed by atoms with Gasteiger partial charge in [-0.05, 0) is 49.4 Å². The molecule has 0 bridgehead atoms. The van der Waals surface area contributed by atoms with Gasteiger partial charge < -0.3 is 16.0 Å². The first-order chi connectivity index (χ1) is 12.1. The second-order valence-electron chi connectivity index (χ2n) is 6.34. The van der Waals surface area contributed by atoms with E-state index in [1.165, 1.54) is 11.1 Å². The molecule has 0 spiro atoms. The molecule has 2 aromatic rings. The van der Waals surface area contributed by atoms with Crippen molar-refractivity contribution in [3.8, 4) is 0 Å². The number of carbonyl (C=O) groups excluding carboxylic acids is 2. The number of amides is 3. The fourth-order valence-corrected chi connectivity index (χ4v) is 3.15. The maximum absolute atomic E-state index is 12.5. The summed E-state index contributed by atoms with van der Waals surface area (Å²) >= 11 is 0. The normalized spacial score (nSPS) is 17.1. The van der Waals surface area contributed by atoms with Gasteiger partial charge in [0, 0.05) is 5.69 Å². The van der Waals surface area contributed by atoms with Crippen molar-refractivity contribution in [1.82, 2.24) is 10.6 Å². The Morgan fingerprint density at radius 3 is 2.56 bits per heavy atom. The van der Waals surface area contributed by atoms with E-state index < -0.39 is 12.1 Å². The van der Waals surface area contributed by atoms with Gasteiger partial charge >= 0.3 is 6.03 Å². The first-order valence-corrected chi connectivity index (χ1v) is 8.64. The van der Waals surface area contributed by atoms with Gasteiger partial charge in [-0.25, -0.2) is 4.79 Å². The highest BCUT2D eigenvalue weighted by molar-refractivity contribution is 5.93. The molecular weight excluding hydrogens is 314 g/mol. The maximum atomic E-state index is 12.5. The third-order valence-electron chi connectivity index (χ3n) is 4.46. The third-order valence-corrected chi connectivity index (χ3v) is 4.46. The van der Waals surface area contributed by atoms with Gasteiger partial charge in [-0.3, -0.25) is 4.79 Å². The summed E-state index contributed by atoms with van der Waals surface area (Å²) in [5.41, 5.74) is 3.17. The molecule has 2 atom stereocenters. The monoisotopic (exact) mass is 337 g/mol. The summed E-state index contributed by atoms with van der Waals surface area (Å²) in [6.07, 6.45) is 3.03. The van der Waals surface area contributed by atoms with Crippen LogP contribution >= 0.6 is 0 Å². The summed E-state index contributed by atoms with van der Waals surface area (Å²) in [5.74, 6) is -0.176. The van der Waals surface area contributed by atoms with Gasteiger partial charge in [-0.2, -0.15) is 0 Å². The van der Waals surface area contributed by atoms with Crippen molar-refractivity contribution in [1.29, 1.82) is 0 Å². The van der Waals surface area contributed by atoms with E-state index in [-0.39, 0.29) is 11.9 Å². The average Bonchev–Trinajstić information content (AvgIpc) is 2.62. The van der Waals surface area contributed by atoms with Crippen molar-refractivity contribution < 1.29 is 9.59 Å². The van der Waals surface area contributed by atoms with Crippen molar-refractivity contribution in [2.24, 2.45) is 0 Å². The quantitative estimate of drug-likeness (QED) is 0.800. The van der Waals surface area contributed by atoms with Crippen molar-refractivity contribution in [2.75, 3.05) is 5.32 Å². The molecule has 2 aromatic carbocycles. The Bertz CT molecular complexity index is 746. The molecule has 0 aromatic heterocycles. The maximum Gasteiger partial charge on any atom is 0.319 e. The molecule has 5 nitrogen and oxygen atoms in total. The van der Waals surface area contributed by atoms with E-state index in [4.69, 9.17) is 0 Å². The highest BCUT2D eigenvalue weighted by Crippen LogP contribution is 2.29. The van der Waals surface area contributed by atoms with Crippen LogP contribution in [0.2, 0.25) is 0 Å². The molecule has 25 heavy (non-hydrogen) atoms. The molecule has 0 saturated heterocycles. The van der Waals surface area contributed by atoms with Crippen LogP contribution in [0, 0.1) is 0 Å². The molecule has 0 aliphatic heterocycles. The Morgan fingerprint density at radius 2 is 1.76 bits per heavy atom. The standard InChI is InChI=1S/C20H23N3O2/c1-14(21-20(25)22-16-10-3-2-4-11-16)19(24)23-18-13-7-9-15-8-5-6-12-17(15)18/h2-6,8,10-12,14,18H,7,9,13H2,1H3,(H,23,24)(H2,21,22,25)/t14-,18+/m0/s1. The van der Waals surface area contributed by atoms with Crippen molar-refractivity contribution in [2.45, 2.75) is 38.3 Å². The number of anilines is 1. The van der Waals surface area contributed by atoms with Crippen molar-refractivity contribution in [3.05, 3.63) is 65.7 Å². The lowest BCUT2D eigenvalue weighted by molar-refractivity contribution is -0.123. The highest BCUT2D eigenvalue weighted by Gasteiger charge is 2.24. The van der Waals surface area contributed by atoms with E-state index in [0.29, 0.717) is 5.69 Å². The minimum atomic E-state index is -0.613. The molecule has 0 unspecified atom stereocenters. The lowest BCUT2D eigenvalue weighted by Gasteiger charge is -2.27. The number of nitrogens with one attached hydrogen (secondary N) is 3. The smallest absolute Gasteiger partial charge is 0.319 e. The van der Waals surface area contributed by atoms with E-state index in [2.05, 4.69) is 28.1 Å². The van der Waals surface area contributed by atoms with Crippen LogP contribution in [0.1, 0.15) is 36.9 Å². The molecule has 3 amide bonds. The average molecular weight is 337 g/mol. The molecule has 0 radical (unpaired) electrons. The summed E-state index contributed by atoms with van der Waals surface area (Å²) < 4.78 is 0. The van der Waals surface area contributed by atoms with Crippen molar-refractivity contribution >= 4 is 17.6 Å². The molecule has 130 valence electrons. The van der Waals surface area contributed by atoms with Crippen LogP contribution in [0.4, 0.5) is 10.5 Å². The number of hydrogen-bond donors (Lipinski definition) is 3. The van der Waals surface area contributed by atoms with E-state index in [1.54, 1.807) is 19.1 Å². The SMILES string of the molecule is C[C@H](NC(=O)Nc1ccccc1)C(=O)N[C@@H]1CCCc2ccccc21. The molecule has 5 heteroatoms. The van der Waals surface area contributed by atoms with Crippen LogP contribution < -0.4 is 16.0 Å². The highest BCUT2D eigenvalue weighted by atomic mass is 16.2. The van der Waals surface area contributed by atoms with Gasteiger partial charge in [0.25, 0.3) is 0 Å². The summed E-state index contributed by atoms with van der Waals surface area (Å²) in [4.78, 5) is 24.5. The first-order valence-electron chi connectivity index (χ1n) is 8.64. The van der Waals surface area contributed by atoms with E-state index in [1.807, 2.05) is 30.3 Å². The third kappa shape index (κ3) is 4.38. The van der Waals surface area contributed by atoms with Crippen molar-refractivity contribution in [3.63, 3.8) is 0 Å². The largest absolute Gasteiger partial charge is 0.348 e. The van der Waals surface area contributed by atoms with Gasteiger partial charge in [0.05, 0.1) is 6.04 Å². The van der Waals surface area contributed by atoms with Crippen LogP contribution in [-0.2, 0) is 11.2 Å². The van der Waals surface area contributed by atoms with Crippen LogP contribution in [0.3, 0.4) is 0 Å². The fourth-order valence-electron chi connectivity index (χ4n) is 3.15. The lowest BCUT2D eigenvalue weighted by atomic mass is 9.87. The number of para-hydroxylation sites is 1. The molecule has 1 aliphatic carbocycles. The number of rotatable bonds is 4. The topological polar surface area (TPSA) is 70.2 Å². The number of aryl methyl sites for hydroxylation is 1. The molecule has 3 rings (SSSR count). The number of carbonyl (C=O) groups is 2. The zero-order valence-electron chi connectivity index (χ0n) is 14.3. The first kappa shape index (κ1) is 17.0. The Kier molecular flexibility index (Phi) is 5.33. The molecule has 0 fully saturated rings. The summed E-state index contributed by atoms with van der Waals surface area (Å²) in [6.45, 7) is 1.69. The molecule has 1 aliphatic rings. The Balaban J connectivity index is 1.55. The van der Waals surface area contributed by atoms with E-state index >= 15 is 0 Å². The van der Waals surface area contributed by atoms with E-state index in [0.717, 1.165) is 19.3 Å². The minimum Gasteiger partial charge on any atom is -0.348 e. The van der Waals surface area contributed by atoms with Gasteiger partial charge in [-0.1, -0.05) is 42.5 Å². The predicted octanol–water partition coefficient (Wildman–Crippen LogP) is 3.39. The van der Waals surface area contributed by atoms with Gasteiger partial charge in [-0.15, -0.1) is 0 Å². The van der Waals surface area contributed by atoms with Gasteiger partial charge in [0.2, 0.25) is 5.91 Å². The zero-order valence-corrected chi connectivity index (χ0v) is 14.3. The molecule has 0 saturated carbocycles. The zero-order chi connectivity index (χ0) is 17.6. The second-order valence-corrected chi connectivity index (χ2v) is 6.34. The summed E-state index contributed by atoms with van der Waals surface area (Å²) in [7, 11) is 0. The Hall–Kier alpha value is -2.82. The minimum absolute atomic E-state index is 0.0129. The predicted molar refractivity (Wildman–Crippen MR) is 98.3 cm³/mol. The van der Waals surface area contributed by atoms with E-state index in [9.17, 15) is 9.59 Å². The van der Waals surface area contributed by atoms with Crippen LogP contribution in [0.25, 0.3) is 0 Å². The van der Waals surface area contributed by atoms with Crippen LogP contribution in [0.5, 0.6) is 0 Å². The van der Waals surface area contributed by atoms with Gasteiger partial charge in [0.1, 0.15) is 6.04 Å². The number of hydrogen-bond acceptors (Lipinski definition) is 2. The number of fused-ring (bicyclic) bond motifs is 1. The molecule has 0 heterocycles. The number of benzene rings is 2. The summed E-state index contributed by atoms with van der Waals surface area (Å²) in [6, 6.07) is 16.4. The summed E-state index contributed by atoms with van der Waals surface area (Å²) in [5, 5.41) is 8.46. The molecule has 3 N–H and O–H groups in total. The Labute approximate surface area is 147 Å². The number of urea groups is 1. The molecular formula is C20H23N3O2.